The zero-order valence-corrected chi connectivity index (χ0v) is 13.0. The molecule has 0 spiro atoms. The van der Waals surface area contributed by atoms with Crippen molar-refractivity contribution in [2.45, 2.75) is 18.6 Å². The third-order valence-corrected chi connectivity index (χ3v) is 3.87. The molecule has 1 N–H and O–H groups in total. The first kappa shape index (κ1) is 16.0. The second kappa shape index (κ2) is 6.62. The molecule has 0 aliphatic heterocycles. The molecule has 2 rings (SSSR count). The fraction of sp³-hybridized carbons (Fsp3) is 0.250. The Morgan fingerprint density at radius 3 is 2.24 bits per heavy atom. The average Bonchev–Trinajstić information content (AvgIpc) is 2.46. The summed E-state index contributed by atoms with van der Waals surface area (Å²) < 4.78 is 40.3. The molecule has 0 fully saturated rings. The number of hydrogen-bond acceptors (Lipinski definition) is 1. The van der Waals surface area contributed by atoms with Crippen molar-refractivity contribution in [2.24, 2.45) is 0 Å². The van der Waals surface area contributed by atoms with Crippen LogP contribution in [0.15, 0.2) is 53.0 Å². The van der Waals surface area contributed by atoms with Crippen LogP contribution in [0.4, 0.5) is 13.2 Å². The summed E-state index contributed by atoms with van der Waals surface area (Å²) >= 11 is 3.35. The van der Waals surface area contributed by atoms with Crippen LogP contribution in [0.5, 0.6) is 0 Å². The normalized spacial score (nSPS) is 13.2. The van der Waals surface area contributed by atoms with Crippen molar-refractivity contribution < 1.29 is 13.2 Å². The smallest absolute Gasteiger partial charge is 0.313 e. The number of rotatable bonds is 4. The van der Waals surface area contributed by atoms with E-state index >= 15 is 0 Å². The third kappa shape index (κ3) is 4.08. The van der Waals surface area contributed by atoms with Crippen LogP contribution in [-0.2, 0) is 12.6 Å². The van der Waals surface area contributed by atoms with E-state index in [1.807, 2.05) is 24.3 Å². The van der Waals surface area contributed by atoms with Gasteiger partial charge in [0.15, 0.2) is 0 Å². The minimum absolute atomic E-state index is 0.274. The van der Waals surface area contributed by atoms with E-state index in [0.29, 0.717) is 6.42 Å². The van der Waals surface area contributed by atoms with Gasteiger partial charge in [-0.1, -0.05) is 46.3 Å². The number of halogens is 4. The predicted octanol–water partition coefficient (Wildman–Crippen LogP) is 4.97. The van der Waals surface area contributed by atoms with Crippen LogP contribution in [0.2, 0.25) is 0 Å². The Hall–Kier alpha value is -1.33. The van der Waals surface area contributed by atoms with Crippen LogP contribution in [0.3, 0.4) is 0 Å². The molecule has 0 saturated carbocycles. The van der Waals surface area contributed by atoms with Gasteiger partial charge in [0.05, 0.1) is 5.56 Å². The van der Waals surface area contributed by atoms with Gasteiger partial charge in [-0.15, -0.1) is 0 Å². The summed E-state index contributed by atoms with van der Waals surface area (Å²) in [6, 6.07) is 12.9. The van der Waals surface area contributed by atoms with Crippen LogP contribution in [0.1, 0.15) is 22.7 Å². The van der Waals surface area contributed by atoms with Gasteiger partial charge in [0, 0.05) is 10.5 Å². The Balaban J connectivity index is 2.32. The van der Waals surface area contributed by atoms with E-state index < -0.39 is 11.7 Å². The molecule has 0 aliphatic carbocycles. The first-order chi connectivity index (χ1) is 9.91. The number of likely N-dealkylation sites (N-methyl/N-ethyl adjacent to an activating group) is 1. The quantitative estimate of drug-likeness (QED) is 0.814. The van der Waals surface area contributed by atoms with E-state index in [4.69, 9.17) is 0 Å². The molecule has 0 aromatic heterocycles. The lowest BCUT2D eigenvalue weighted by atomic mass is 9.94. The maximum atomic E-state index is 13.1. The van der Waals surface area contributed by atoms with Gasteiger partial charge in [-0.05, 0) is 42.8 Å². The molecule has 0 heterocycles. The summed E-state index contributed by atoms with van der Waals surface area (Å²) in [6.07, 6.45) is -3.84. The maximum Gasteiger partial charge on any atom is 0.416 e. The molecule has 0 radical (unpaired) electrons. The summed E-state index contributed by atoms with van der Waals surface area (Å²) in [5.41, 5.74) is 0.673. The van der Waals surface area contributed by atoms with Crippen molar-refractivity contribution in [3.63, 3.8) is 0 Å². The van der Waals surface area contributed by atoms with Crippen LogP contribution in [0, 0.1) is 0 Å². The number of nitrogens with one attached hydrogen (secondary N) is 1. The highest BCUT2D eigenvalue weighted by molar-refractivity contribution is 9.10. The van der Waals surface area contributed by atoms with Gasteiger partial charge >= 0.3 is 6.18 Å². The Kier molecular flexibility index (Phi) is 5.06. The zero-order chi connectivity index (χ0) is 15.5. The third-order valence-electron chi connectivity index (χ3n) is 3.34. The molecular weight excluding hydrogens is 343 g/mol. The Morgan fingerprint density at radius 1 is 1.05 bits per heavy atom. The second-order valence-electron chi connectivity index (χ2n) is 4.76. The van der Waals surface area contributed by atoms with Gasteiger partial charge < -0.3 is 5.32 Å². The van der Waals surface area contributed by atoms with Gasteiger partial charge in [-0.3, -0.25) is 0 Å². The molecule has 1 unspecified atom stereocenters. The van der Waals surface area contributed by atoms with E-state index in [0.717, 1.165) is 16.1 Å². The Morgan fingerprint density at radius 2 is 1.67 bits per heavy atom. The Bertz CT molecular complexity index is 593. The van der Waals surface area contributed by atoms with E-state index in [1.165, 1.54) is 12.1 Å². The van der Waals surface area contributed by atoms with E-state index in [1.54, 1.807) is 13.1 Å². The van der Waals surface area contributed by atoms with Crippen molar-refractivity contribution in [3.8, 4) is 0 Å². The summed E-state index contributed by atoms with van der Waals surface area (Å²) in [5, 5.41) is 2.98. The largest absolute Gasteiger partial charge is 0.416 e. The number of hydrogen-bond donors (Lipinski definition) is 1. The first-order valence-corrected chi connectivity index (χ1v) is 7.29. The molecule has 2 aromatic rings. The number of benzene rings is 2. The predicted molar refractivity (Wildman–Crippen MR) is 81.1 cm³/mol. The lowest BCUT2D eigenvalue weighted by Gasteiger charge is -2.21. The van der Waals surface area contributed by atoms with Crippen molar-refractivity contribution in [1.29, 1.82) is 0 Å². The van der Waals surface area contributed by atoms with Gasteiger partial charge in [0.2, 0.25) is 0 Å². The SMILES string of the molecule is CNC(Cc1ccc(Br)cc1)c1ccccc1C(F)(F)F. The zero-order valence-electron chi connectivity index (χ0n) is 11.4. The minimum atomic E-state index is -4.34. The van der Waals surface area contributed by atoms with E-state index in [2.05, 4.69) is 21.2 Å². The topological polar surface area (TPSA) is 12.0 Å². The molecule has 0 bridgehead atoms. The average molecular weight is 358 g/mol. The number of alkyl halides is 3. The van der Waals surface area contributed by atoms with Crippen molar-refractivity contribution >= 4 is 15.9 Å². The van der Waals surface area contributed by atoms with Crippen molar-refractivity contribution in [3.05, 3.63) is 69.7 Å². The van der Waals surface area contributed by atoms with Crippen molar-refractivity contribution in [1.82, 2.24) is 5.32 Å². The van der Waals surface area contributed by atoms with Gasteiger partial charge in [0.25, 0.3) is 0 Å². The van der Waals surface area contributed by atoms with Crippen LogP contribution in [-0.4, -0.2) is 7.05 Å². The molecule has 2 aromatic carbocycles. The van der Waals surface area contributed by atoms with Gasteiger partial charge in [0.1, 0.15) is 0 Å². The lowest BCUT2D eigenvalue weighted by Crippen LogP contribution is -2.22. The maximum absolute atomic E-state index is 13.1. The highest BCUT2D eigenvalue weighted by Crippen LogP contribution is 2.35. The molecule has 112 valence electrons. The van der Waals surface area contributed by atoms with Crippen molar-refractivity contribution in [2.75, 3.05) is 7.05 Å². The van der Waals surface area contributed by atoms with E-state index in [-0.39, 0.29) is 11.6 Å². The molecule has 21 heavy (non-hydrogen) atoms. The van der Waals surface area contributed by atoms with Gasteiger partial charge in [-0.25, -0.2) is 0 Å². The van der Waals surface area contributed by atoms with Gasteiger partial charge in [-0.2, -0.15) is 13.2 Å². The summed E-state index contributed by atoms with van der Waals surface area (Å²) in [5.74, 6) is 0. The molecule has 0 aliphatic rings. The van der Waals surface area contributed by atoms with Crippen LogP contribution in [0.25, 0.3) is 0 Å². The highest BCUT2D eigenvalue weighted by Gasteiger charge is 2.34. The van der Waals surface area contributed by atoms with Crippen LogP contribution < -0.4 is 5.32 Å². The minimum Gasteiger partial charge on any atom is -0.313 e. The molecule has 0 amide bonds. The molecule has 1 atom stereocenters. The first-order valence-electron chi connectivity index (χ1n) is 6.49. The van der Waals surface area contributed by atoms with Crippen LogP contribution >= 0.6 is 15.9 Å². The monoisotopic (exact) mass is 357 g/mol. The Labute approximate surface area is 130 Å². The standard InChI is InChI=1S/C16H15BrF3N/c1-21-15(10-11-6-8-12(17)9-7-11)13-4-2-3-5-14(13)16(18,19)20/h2-9,15,21H,10H2,1H3. The molecular formula is C16H15BrF3N. The molecule has 1 nitrogen and oxygen atoms in total. The fourth-order valence-electron chi connectivity index (χ4n) is 2.28. The highest BCUT2D eigenvalue weighted by atomic mass is 79.9. The summed E-state index contributed by atoms with van der Waals surface area (Å²) in [6.45, 7) is 0. The lowest BCUT2D eigenvalue weighted by molar-refractivity contribution is -0.138. The summed E-state index contributed by atoms with van der Waals surface area (Å²) in [7, 11) is 1.68. The molecule has 5 heteroatoms. The second-order valence-corrected chi connectivity index (χ2v) is 5.67. The van der Waals surface area contributed by atoms with E-state index in [9.17, 15) is 13.2 Å². The summed E-state index contributed by atoms with van der Waals surface area (Å²) in [4.78, 5) is 0. The molecule has 0 saturated heterocycles. The fourth-order valence-corrected chi connectivity index (χ4v) is 2.55.